The lowest BCUT2D eigenvalue weighted by Crippen LogP contribution is -2.48. The fourth-order valence-electron chi connectivity index (χ4n) is 2.58. The van der Waals surface area contributed by atoms with Crippen LogP contribution in [0.5, 0.6) is 0 Å². The van der Waals surface area contributed by atoms with Crippen LogP contribution < -0.4 is 4.72 Å². The van der Waals surface area contributed by atoms with Crippen LogP contribution in [-0.2, 0) is 22.0 Å². The minimum absolute atomic E-state index is 0.359. The molecule has 1 N–H and O–H groups in total. The van der Waals surface area contributed by atoms with Crippen molar-refractivity contribution in [1.29, 1.82) is 0 Å². The lowest BCUT2D eigenvalue weighted by molar-refractivity contribution is 0.0723. The summed E-state index contributed by atoms with van der Waals surface area (Å²) in [4.78, 5) is 4.31. The van der Waals surface area contributed by atoms with E-state index >= 15 is 0 Å². The summed E-state index contributed by atoms with van der Waals surface area (Å²) >= 11 is 0. The molecule has 23 heavy (non-hydrogen) atoms. The number of hydrogen-bond donors (Lipinski definition) is 1. The molecule has 0 unspecified atom stereocenters. The standard InChI is InChI=1S/C15H20N4O3S/c1-18-8-7-16-15(18)14(13-5-3-2-4-6-13)17-23(20,21)19-9-11-22-12-10-19/h2-8,14,17H,9-12H2,1H3/t14-/m1/s1. The molecule has 1 fully saturated rings. The van der Waals surface area contributed by atoms with Gasteiger partial charge < -0.3 is 9.30 Å². The average molecular weight is 336 g/mol. The Morgan fingerprint density at radius 2 is 1.91 bits per heavy atom. The zero-order valence-corrected chi connectivity index (χ0v) is 13.7. The van der Waals surface area contributed by atoms with Crippen molar-refractivity contribution in [2.75, 3.05) is 26.3 Å². The lowest BCUT2D eigenvalue weighted by Gasteiger charge is -2.28. The van der Waals surface area contributed by atoms with E-state index in [1.54, 1.807) is 12.4 Å². The van der Waals surface area contributed by atoms with Crippen molar-refractivity contribution >= 4 is 10.2 Å². The van der Waals surface area contributed by atoms with E-state index in [1.165, 1.54) is 4.31 Å². The van der Waals surface area contributed by atoms with Gasteiger partial charge in [-0.1, -0.05) is 30.3 Å². The Hall–Kier alpha value is -1.74. The Bertz CT molecular complexity index is 739. The second kappa shape index (κ2) is 6.79. The highest BCUT2D eigenvalue weighted by atomic mass is 32.2. The second-order valence-electron chi connectivity index (χ2n) is 5.37. The van der Waals surface area contributed by atoms with Gasteiger partial charge in [-0.25, -0.2) is 4.98 Å². The molecule has 0 amide bonds. The molecule has 2 heterocycles. The molecule has 124 valence electrons. The minimum Gasteiger partial charge on any atom is -0.379 e. The third-order valence-electron chi connectivity index (χ3n) is 3.83. The molecule has 7 nitrogen and oxygen atoms in total. The third-order valence-corrected chi connectivity index (χ3v) is 5.40. The molecular weight excluding hydrogens is 316 g/mol. The Morgan fingerprint density at radius 1 is 1.22 bits per heavy atom. The molecular formula is C15H20N4O3S. The Morgan fingerprint density at radius 3 is 2.52 bits per heavy atom. The summed E-state index contributed by atoms with van der Waals surface area (Å²) in [6.07, 6.45) is 3.46. The van der Waals surface area contributed by atoms with Crippen LogP contribution in [-0.4, -0.2) is 48.6 Å². The van der Waals surface area contributed by atoms with Gasteiger partial charge in [0.1, 0.15) is 11.9 Å². The molecule has 0 radical (unpaired) electrons. The topological polar surface area (TPSA) is 76.5 Å². The smallest absolute Gasteiger partial charge is 0.280 e. The van der Waals surface area contributed by atoms with E-state index in [2.05, 4.69) is 9.71 Å². The van der Waals surface area contributed by atoms with E-state index in [0.717, 1.165) is 5.56 Å². The van der Waals surface area contributed by atoms with Gasteiger partial charge in [-0.15, -0.1) is 0 Å². The number of hydrogen-bond acceptors (Lipinski definition) is 4. The van der Waals surface area contributed by atoms with Crippen molar-refractivity contribution in [3.05, 3.63) is 54.1 Å². The Balaban J connectivity index is 1.92. The van der Waals surface area contributed by atoms with Crippen molar-refractivity contribution in [3.8, 4) is 0 Å². The number of nitrogens with zero attached hydrogens (tertiary/aromatic N) is 3. The molecule has 1 atom stereocenters. The molecule has 0 saturated carbocycles. The average Bonchev–Trinajstić information content (AvgIpc) is 3.00. The van der Waals surface area contributed by atoms with Crippen LogP contribution in [0.15, 0.2) is 42.7 Å². The maximum Gasteiger partial charge on any atom is 0.280 e. The number of ether oxygens (including phenoxy) is 1. The molecule has 1 aliphatic heterocycles. The van der Waals surface area contributed by atoms with Gasteiger partial charge >= 0.3 is 0 Å². The Kier molecular flexibility index (Phi) is 4.76. The number of aromatic nitrogens is 2. The molecule has 0 aliphatic carbocycles. The van der Waals surface area contributed by atoms with E-state index in [4.69, 9.17) is 4.74 Å². The fraction of sp³-hybridized carbons (Fsp3) is 0.400. The molecule has 2 aromatic rings. The summed E-state index contributed by atoms with van der Waals surface area (Å²) < 4.78 is 36.6. The number of morpholine rings is 1. The Labute approximate surface area is 136 Å². The van der Waals surface area contributed by atoms with Crippen molar-refractivity contribution in [2.24, 2.45) is 7.05 Å². The van der Waals surface area contributed by atoms with Crippen LogP contribution in [0.1, 0.15) is 17.4 Å². The van der Waals surface area contributed by atoms with Gasteiger partial charge in [0, 0.05) is 32.5 Å². The molecule has 1 aliphatic rings. The highest BCUT2D eigenvalue weighted by Crippen LogP contribution is 2.22. The summed E-state index contributed by atoms with van der Waals surface area (Å²) in [5, 5.41) is 0. The van der Waals surface area contributed by atoms with Gasteiger partial charge in [-0.2, -0.15) is 17.4 Å². The normalized spacial score (nSPS) is 18.0. The highest BCUT2D eigenvalue weighted by Gasteiger charge is 2.30. The van der Waals surface area contributed by atoms with Crippen molar-refractivity contribution in [1.82, 2.24) is 18.6 Å². The summed E-state index contributed by atoms with van der Waals surface area (Å²) in [6, 6.07) is 8.91. The van der Waals surface area contributed by atoms with Crippen molar-refractivity contribution in [3.63, 3.8) is 0 Å². The molecule has 3 rings (SSSR count). The number of nitrogens with one attached hydrogen (secondary N) is 1. The predicted octanol–water partition coefficient (Wildman–Crippen LogP) is 0.676. The van der Waals surface area contributed by atoms with Crippen molar-refractivity contribution in [2.45, 2.75) is 6.04 Å². The molecule has 8 heteroatoms. The van der Waals surface area contributed by atoms with E-state index in [9.17, 15) is 8.42 Å². The fourth-order valence-corrected chi connectivity index (χ4v) is 3.90. The van der Waals surface area contributed by atoms with Crippen molar-refractivity contribution < 1.29 is 13.2 Å². The van der Waals surface area contributed by atoms with E-state index in [0.29, 0.717) is 32.1 Å². The molecule has 1 saturated heterocycles. The minimum atomic E-state index is -3.62. The molecule has 1 aromatic carbocycles. The number of imidazole rings is 1. The van der Waals surface area contributed by atoms with Crippen LogP contribution in [0.25, 0.3) is 0 Å². The van der Waals surface area contributed by atoms with Crippen LogP contribution in [0, 0.1) is 0 Å². The van der Waals surface area contributed by atoms with Gasteiger partial charge in [0.15, 0.2) is 0 Å². The predicted molar refractivity (Wildman–Crippen MR) is 85.9 cm³/mol. The first-order valence-corrected chi connectivity index (χ1v) is 8.89. The summed E-state index contributed by atoms with van der Waals surface area (Å²) in [5.41, 5.74) is 0.846. The zero-order valence-electron chi connectivity index (χ0n) is 12.9. The summed E-state index contributed by atoms with van der Waals surface area (Å²) in [6.45, 7) is 1.55. The number of rotatable bonds is 5. The first-order valence-electron chi connectivity index (χ1n) is 7.45. The first kappa shape index (κ1) is 16.1. The van der Waals surface area contributed by atoms with Crippen LogP contribution in [0.3, 0.4) is 0 Å². The van der Waals surface area contributed by atoms with Gasteiger partial charge in [0.05, 0.1) is 13.2 Å². The summed E-state index contributed by atoms with van der Waals surface area (Å²) in [5.74, 6) is 0.646. The second-order valence-corrected chi connectivity index (χ2v) is 7.08. The SMILES string of the molecule is Cn1ccnc1[C@H](NS(=O)(=O)N1CCOCC1)c1ccccc1. The maximum atomic E-state index is 12.7. The summed E-state index contributed by atoms with van der Waals surface area (Å²) in [7, 11) is -1.77. The number of benzene rings is 1. The van der Waals surface area contributed by atoms with Gasteiger partial charge in [0.2, 0.25) is 0 Å². The van der Waals surface area contributed by atoms with E-state index in [1.807, 2.05) is 41.9 Å². The molecule has 0 bridgehead atoms. The van der Waals surface area contributed by atoms with Crippen LogP contribution in [0.2, 0.25) is 0 Å². The van der Waals surface area contributed by atoms with Gasteiger partial charge in [-0.05, 0) is 5.56 Å². The monoisotopic (exact) mass is 336 g/mol. The van der Waals surface area contributed by atoms with Crippen LogP contribution >= 0.6 is 0 Å². The largest absolute Gasteiger partial charge is 0.379 e. The van der Waals surface area contributed by atoms with Crippen LogP contribution in [0.4, 0.5) is 0 Å². The third kappa shape index (κ3) is 3.61. The van der Waals surface area contributed by atoms with Gasteiger partial charge in [-0.3, -0.25) is 0 Å². The zero-order chi connectivity index (χ0) is 16.3. The first-order chi connectivity index (χ1) is 11.1. The maximum absolute atomic E-state index is 12.7. The number of aryl methyl sites for hydroxylation is 1. The highest BCUT2D eigenvalue weighted by molar-refractivity contribution is 7.87. The lowest BCUT2D eigenvalue weighted by atomic mass is 10.1. The van der Waals surface area contributed by atoms with E-state index < -0.39 is 16.3 Å². The quantitative estimate of drug-likeness (QED) is 0.871. The van der Waals surface area contributed by atoms with E-state index in [-0.39, 0.29) is 0 Å². The molecule has 0 spiro atoms. The van der Waals surface area contributed by atoms with Gasteiger partial charge in [0.25, 0.3) is 10.2 Å². The molecule has 1 aromatic heterocycles.